The molecule has 0 saturated carbocycles. The predicted molar refractivity (Wildman–Crippen MR) is 77.7 cm³/mol. The monoisotopic (exact) mass is 300 g/mol. The van der Waals surface area contributed by atoms with Crippen molar-refractivity contribution in [1.82, 2.24) is 20.2 Å². The summed E-state index contributed by atoms with van der Waals surface area (Å²) in [5, 5.41) is 7.88. The van der Waals surface area contributed by atoms with Gasteiger partial charge in [0.1, 0.15) is 18.2 Å². The molecule has 0 atom stereocenters. The number of nitrogens with one attached hydrogen (secondary N) is 1. The van der Waals surface area contributed by atoms with E-state index < -0.39 is 0 Å². The number of benzene rings is 1. The Labute approximate surface area is 125 Å². The molecule has 3 rings (SSSR count). The summed E-state index contributed by atoms with van der Waals surface area (Å²) >= 11 is 0. The molecule has 1 aromatic carbocycles. The molecule has 0 fully saturated rings. The number of H-pyrrole nitrogens is 1. The second kappa shape index (κ2) is 6.40. The van der Waals surface area contributed by atoms with Crippen molar-refractivity contribution in [2.45, 2.75) is 13.0 Å². The SMILES string of the molecule is O=c1[nH]c(COCCc2ccccc2F)nc2nnccc12. The number of aromatic amines is 1. The zero-order valence-corrected chi connectivity index (χ0v) is 11.6. The molecule has 3 aromatic rings. The Balaban J connectivity index is 1.62. The molecular formula is C15H13FN4O2. The van der Waals surface area contributed by atoms with Crippen molar-refractivity contribution in [3.8, 4) is 0 Å². The lowest BCUT2D eigenvalue weighted by Gasteiger charge is -2.05. The predicted octanol–water partition coefficient (Wildman–Crippen LogP) is 1.61. The number of hydrogen-bond donors (Lipinski definition) is 1. The molecule has 0 aliphatic heterocycles. The maximum Gasteiger partial charge on any atom is 0.260 e. The van der Waals surface area contributed by atoms with Gasteiger partial charge in [-0.3, -0.25) is 4.79 Å². The van der Waals surface area contributed by atoms with Crippen LogP contribution < -0.4 is 5.56 Å². The maximum absolute atomic E-state index is 13.4. The van der Waals surface area contributed by atoms with Gasteiger partial charge < -0.3 is 9.72 Å². The fourth-order valence-corrected chi connectivity index (χ4v) is 2.06. The number of nitrogens with zero attached hydrogens (tertiary/aromatic N) is 3. The van der Waals surface area contributed by atoms with Crippen molar-refractivity contribution in [2.24, 2.45) is 0 Å². The van der Waals surface area contributed by atoms with Crippen LogP contribution >= 0.6 is 0 Å². The van der Waals surface area contributed by atoms with Crippen LogP contribution in [-0.4, -0.2) is 26.8 Å². The molecule has 0 aliphatic carbocycles. The van der Waals surface area contributed by atoms with E-state index in [2.05, 4.69) is 20.2 Å². The molecule has 1 N–H and O–H groups in total. The van der Waals surface area contributed by atoms with Gasteiger partial charge in [-0.05, 0) is 24.1 Å². The quantitative estimate of drug-likeness (QED) is 0.724. The van der Waals surface area contributed by atoms with Gasteiger partial charge >= 0.3 is 0 Å². The molecule has 0 unspecified atom stereocenters. The fraction of sp³-hybridized carbons (Fsp3) is 0.200. The summed E-state index contributed by atoms with van der Waals surface area (Å²) in [6.07, 6.45) is 1.88. The zero-order chi connectivity index (χ0) is 15.4. The molecule has 0 radical (unpaired) electrons. The number of halogens is 1. The van der Waals surface area contributed by atoms with Gasteiger partial charge in [-0.1, -0.05) is 18.2 Å². The Morgan fingerprint density at radius 3 is 2.95 bits per heavy atom. The van der Waals surface area contributed by atoms with Crippen LogP contribution in [0, 0.1) is 5.82 Å². The van der Waals surface area contributed by atoms with E-state index in [1.165, 1.54) is 12.3 Å². The highest BCUT2D eigenvalue weighted by atomic mass is 19.1. The van der Waals surface area contributed by atoms with Crippen molar-refractivity contribution in [1.29, 1.82) is 0 Å². The van der Waals surface area contributed by atoms with Gasteiger partial charge in [0.05, 0.1) is 18.2 Å². The van der Waals surface area contributed by atoms with Crippen molar-refractivity contribution in [3.63, 3.8) is 0 Å². The fourth-order valence-electron chi connectivity index (χ4n) is 2.06. The molecule has 2 heterocycles. The van der Waals surface area contributed by atoms with Crippen molar-refractivity contribution in [3.05, 3.63) is 64.1 Å². The Morgan fingerprint density at radius 1 is 1.23 bits per heavy atom. The molecule has 22 heavy (non-hydrogen) atoms. The summed E-state index contributed by atoms with van der Waals surface area (Å²) in [7, 11) is 0. The molecule has 2 aromatic heterocycles. The van der Waals surface area contributed by atoms with Crippen LogP contribution in [0.2, 0.25) is 0 Å². The normalized spacial score (nSPS) is 11.0. The number of ether oxygens (including phenoxy) is 1. The Bertz CT molecular complexity index is 850. The first-order valence-electron chi connectivity index (χ1n) is 6.76. The number of fused-ring (bicyclic) bond motifs is 1. The van der Waals surface area contributed by atoms with Gasteiger partial charge in [0.25, 0.3) is 5.56 Å². The molecule has 0 bridgehead atoms. The van der Waals surface area contributed by atoms with E-state index in [0.717, 1.165) is 0 Å². The van der Waals surface area contributed by atoms with Gasteiger partial charge in [-0.2, -0.15) is 5.10 Å². The first-order chi connectivity index (χ1) is 10.7. The third kappa shape index (κ3) is 3.15. The van der Waals surface area contributed by atoms with Crippen LogP contribution in [0.5, 0.6) is 0 Å². The molecule has 0 spiro atoms. The number of hydrogen-bond acceptors (Lipinski definition) is 5. The maximum atomic E-state index is 13.4. The van der Waals surface area contributed by atoms with Crippen LogP contribution in [0.4, 0.5) is 4.39 Å². The van der Waals surface area contributed by atoms with Crippen LogP contribution in [0.15, 0.2) is 41.3 Å². The van der Waals surface area contributed by atoms with E-state index >= 15 is 0 Å². The molecule has 0 aliphatic rings. The Kier molecular flexibility index (Phi) is 4.15. The largest absolute Gasteiger partial charge is 0.373 e. The summed E-state index contributed by atoms with van der Waals surface area (Å²) in [6, 6.07) is 8.10. The zero-order valence-electron chi connectivity index (χ0n) is 11.6. The highest BCUT2D eigenvalue weighted by Crippen LogP contribution is 2.07. The second-order valence-corrected chi connectivity index (χ2v) is 4.68. The minimum Gasteiger partial charge on any atom is -0.373 e. The third-order valence-electron chi connectivity index (χ3n) is 3.16. The van der Waals surface area contributed by atoms with Crippen LogP contribution in [0.1, 0.15) is 11.4 Å². The topological polar surface area (TPSA) is 80.8 Å². The van der Waals surface area contributed by atoms with E-state index in [-0.39, 0.29) is 23.6 Å². The summed E-state index contributed by atoms with van der Waals surface area (Å²) in [6.45, 7) is 0.444. The van der Waals surface area contributed by atoms with Crippen LogP contribution in [0.3, 0.4) is 0 Å². The molecule has 112 valence electrons. The van der Waals surface area contributed by atoms with Gasteiger partial charge in [0.15, 0.2) is 5.65 Å². The molecule has 0 amide bonds. The molecule has 7 heteroatoms. The molecule has 0 saturated heterocycles. The van der Waals surface area contributed by atoms with Crippen molar-refractivity contribution in [2.75, 3.05) is 6.61 Å². The summed E-state index contributed by atoms with van der Waals surface area (Å²) in [5.74, 6) is 0.116. The Hall–Kier alpha value is -2.67. The first-order valence-corrected chi connectivity index (χ1v) is 6.76. The Morgan fingerprint density at radius 2 is 2.09 bits per heavy atom. The standard InChI is InChI=1S/C15H13FN4O2/c16-12-4-2-1-3-10(12)6-8-22-9-13-18-14-11(15(21)19-13)5-7-17-20-14/h1-5,7H,6,8-9H2,(H,18,19,20,21). The highest BCUT2D eigenvalue weighted by Gasteiger charge is 2.05. The van der Waals surface area contributed by atoms with Crippen LogP contribution in [0.25, 0.3) is 11.0 Å². The highest BCUT2D eigenvalue weighted by molar-refractivity contribution is 5.71. The van der Waals surface area contributed by atoms with E-state index in [0.29, 0.717) is 29.8 Å². The summed E-state index contributed by atoms with van der Waals surface area (Å²) in [4.78, 5) is 18.6. The third-order valence-corrected chi connectivity index (χ3v) is 3.16. The van der Waals surface area contributed by atoms with Gasteiger partial charge in [-0.25, -0.2) is 9.37 Å². The van der Waals surface area contributed by atoms with Gasteiger partial charge in [-0.15, -0.1) is 5.10 Å². The minimum absolute atomic E-state index is 0.121. The molecular weight excluding hydrogens is 287 g/mol. The molecule has 6 nitrogen and oxygen atoms in total. The number of aromatic nitrogens is 4. The lowest BCUT2D eigenvalue weighted by molar-refractivity contribution is 0.118. The average molecular weight is 300 g/mol. The van der Waals surface area contributed by atoms with E-state index in [1.807, 2.05) is 0 Å². The smallest absolute Gasteiger partial charge is 0.260 e. The summed E-state index contributed by atoms with van der Waals surface area (Å²) in [5.41, 5.74) is 0.583. The first kappa shape index (κ1) is 14.3. The number of rotatable bonds is 5. The summed E-state index contributed by atoms with van der Waals surface area (Å²) < 4.78 is 18.9. The van der Waals surface area contributed by atoms with Crippen LogP contribution in [-0.2, 0) is 17.8 Å². The van der Waals surface area contributed by atoms with Gasteiger partial charge in [0, 0.05) is 0 Å². The lowest BCUT2D eigenvalue weighted by atomic mass is 10.1. The second-order valence-electron chi connectivity index (χ2n) is 4.68. The van der Waals surface area contributed by atoms with Gasteiger partial charge in [0.2, 0.25) is 0 Å². The lowest BCUT2D eigenvalue weighted by Crippen LogP contribution is -2.14. The van der Waals surface area contributed by atoms with E-state index in [9.17, 15) is 9.18 Å². The van der Waals surface area contributed by atoms with Crippen molar-refractivity contribution < 1.29 is 9.13 Å². The average Bonchev–Trinajstić information content (AvgIpc) is 2.53. The minimum atomic E-state index is -0.285. The van der Waals surface area contributed by atoms with Crippen molar-refractivity contribution >= 4 is 11.0 Å². The van der Waals surface area contributed by atoms with E-state index in [4.69, 9.17) is 4.74 Å². The van der Waals surface area contributed by atoms with E-state index in [1.54, 1.807) is 24.3 Å².